The highest BCUT2D eigenvalue weighted by atomic mass is 16.4. The molecule has 9 heteroatoms. The Kier molecular flexibility index (Phi) is 3.82. The molecule has 0 atom stereocenters. The predicted octanol–water partition coefficient (Wildman–Crippen LogP) is 0.919. The molecule has 122 valence electrons. The van der Waals surface area contributed by atoms with Crippen LogP contribution in [0, 0.1) is 0 Å². The van der Waals surface area contributed by atoms with Gasteiger partial charge in [0, 0.05) is 12.7 Å². The molecule has 0 unspecified atom stereocenters. The number of benzene rings is 1. The first kappa shape index (κ1) is 15.4. The van der Waals surface area contributed by atoms with E-state index >= 15 is 0 Å². The topological polar surface area (TPSA) is 144 Å². The van der Waals surface area contributed by atoms with Crippen LogP contribution in [0.5, 0.6) is 0 Å². The van der Waals surface area contributed by atoms with Gasteiger partial charge in [0.15, 0.2) is 17.0 Å². The number of rotatable bonds is 4. The van der Waals surface area contributed by atoms with E-state index in [4.69, 9.17) is 16.6 Å². The Hall–Kier alpha value is -3.49. The smallest absolute Gasteiger partial charge is 0.335 e. The molecule has 0 spiro atoms. The number of aromatic nitrogens is 4. The maximum atomic E-state index is 11.1. The SMILES string of the molecule is CN(Cc1cnc2nc(N)nc(N)c2n1)c1cccc(C(=O)O)c1. The van der Waals surface area contributed by atoms with E-state index in [2.05, 4.69) is 19.9 Å². The number of hydrogen-bond acceptors (Lipinski definition) is 8. The molecule has 0 radical (unpaired) electrons. The molecular weight excluding hydrogens is 310 g/mol. The van der Waals surface area contributed by atoms with E-state index in [0.717, 1.165) is 5.69 Å². The summed E-state index contributed by atoms with van der Waals surface area (Å²) in [5.41, 5.74) is 13.7. The van der Waals surface area contributed by atoms with Gasteiger partial charge in [0.1, 0.15) is 0 Å². The summed E-state index contributed by atoms with van der Waals surface area (Å²) in [6.45, 7) is 0.413. The van der Waals surface area contributed by atoms with E-state index in [1.54, 1.807) is 18.3 Å². The van der Waals surface area contributed by atoms with Crippen molar-refractivity contribution in [2.45, 2.75) is 6.54 Å². The van der Waals surface area contributed by atoms with E-state index < -0.39 is 5.97 Å². The number of anilines is 3. The van der Waals surface area contributed by atoms with Crippen molar-refractivity contribution < 1.29 is 9.90 Å². The number of carboxylic acid groups (broad SMARTS) is 1. The Morgan fingerprint density at radius 3 is 2.79 bits per heavy atom. The van der Waals surface area contributed by atoms with Crippen molar-refractivity contribution in [3.63, 3.8) is 0 Å². The third-order valence-electron chi connectivity index (χ3n) is 3.43. The highest BCUT2D eigenvalue weighted by Crippen LogP contribution is 2.19. The summed E-state index contributed by atoms with van der Waals surface area (Å²) in [7, 11) is 1.83. The molecule has 3 aromatic rings. The Labute approximate surface area is 137 Å². The van der Waals surface area contributed by atoms with Crippen molar-refractivity contribution in [2.24, 2.45) is 0 Å². The fraction of sp³-hybridized carbons (Fsp3) is 0.133. The average molecular weight is 325 g/mol. The van der Waals surface area contributed by atoms with Gasteiger partial charge in [-0.3, -0.25) is 0 Å². The lowest BCUT2D eigenvalue weighted by Crippen LogP contribution is -2.18. The standard InChI is InChI=1S/C15H15N7O2/c1-22(10-4-2-3-8(5-10)14(23)24)7-9-6-18-13-11(19-9)12(16)20-15(17)21-13/h2-6H,7H2,1H3,(H,23,24)(H4,16,17,18,20,21). The molecule has 0 aliphatic heterocycles. The summed E-state index contributed by atoms with van der Waals surface area (Å²) in [5.74, 6) is -0.759. The molecule has 0 saturated carbocycles. The molecule has 24 heavy (non-hydrogen) atoms. The van der Waals surface area contributed by atoms with Crippen LogP contribution in [0.4, 0.5) is 17.5 Å². The lowest BCUT2D eigenvalue weighted by atomic mass is 10.2. The number of nitrogen functional groups attached to an aromatic ring is 2. The molecule has 0 aliphatic rings. The monoisotopic (exact) mass is 325 g/mol. The van der Waals surface area contributed by atoms with E-state index in [1.165, 1.54) is 6.07 Å². The third-order valence-corrected chi connectivity index (χ3v) is 3.43. The zero-order chi connectivity index (χ0) is 17.3. The van der Waals surface area contributed by atoms with Gasteiger partial charge in [0.05, 0.1) is 24.0 Å². The average Bonchev–Trinajstić information content (AvgIpc) is 2.55. The van der Waals surface area contributed by atoms with Crippen molar-refractivity contribution in [1.29, 1.82) is 0 Å². The predicted molar refractivity (Wildman–Crippen MR) is 89.5 cm³/mol. The summed E-state index contributed by atoms with van der Waals surface area (Å²) >= 11 is 0. The zero-order valence-electron chi connectivity index (χ0n) is 12.8. The summed E-state index contributed by atoms with van der Waals surface area (Å²) in [6.07, 6.45) is 1.58. The van der Waals surface area contributed by atoms with Crippen LogP contribution in [-0.2, 0) is 6.54 Å². The third kappa shape index (κ3) is 3.00. The van der Waals surface area contributed by atoms with Crippen LogP contribution in [0.15, 0.2) is 30.5 Å². The Morgan fingerprint density at radius 2 is 2.04 bits per heavy atom. The van der Waals surface area contributed by atoms with Crippen LogP contribution in [0.2, 0.25) is 0 Å². The van der Waals surface area contributed by atoms with Gasteiger partial charge < -0.3 is 21.5 Å². The van der Waals surface area contributed by atoms with Crippen molar-refractivity contribution in [3.05, 3.63) is 41.7 Å². The van der Waals surface area contributed by atoms with Gasteiger partial charge in [-0.05, 0) is 18.2 Å². The molecule has 5 N–H and O–H groups in total. The van der Waals surface area contributed by atoms with Gasteiger partial charge >= 0.3 is 5.97 Å². The molecule has 0 amide bonds. The number of aromatic carboxylic acids is 1. The van der Waals surface area contributed by atoms with E-state index in [9.17, 15) is 4.79 Å². The molecule has 0 bridgehead atoms. The molecule has 2 heterocycles. The van der Waals surface area contributed by atoms with E-state index in [0.29, 0.717) is 23.4 Å². The largest absolute Gasteiger partial charge is 0.478 e. The summed E-state index contributed by atoms with van der Waals surface area (Å²) in [4.78, 5) is 29.4. The second-order valence-electron chi connectivity index (χ2n) is 5.21. The Balaban J connectivity index is 1.89. The van der Waals surface area contributed by atoms with Crippen LogP contribution < -0.4 is 16.4 Å². The number of fused-ring (bicyclic) bond motifs is 1. The Bertz CT molecular complexity index is 929. The molecule has 2 aromatic heterocycles. The number of carbonyl (C=O) groups is 1. The summed E-state index contributed by atoms with van der Waals surface area (Å²) < 4.78 is 0. The fourth-order valence-corrected chi connectivity index (χ4v) is 2.27. The second-order valence-corrected chi connectivity index (χ2v) is 5.21. The van der Waals surface area contributed by atoms with Gasteiger partial charge in [0.25, 0.3) is 0 Å². The maximum absolute atomic E-state index is 11.1. The van der Waals surface area contributed by atoms with Gasteiger partial charge in [0.2, 0.25) is 5.95 Å². The first-order valence-electron chi connectivity index (χ1n) is 7.03. The minimum atomic E-state index is -0.974. The van der Waals surface area contributed by atoms with Gasteiger partial charge in [-0.25, -0.2) is 14.8 Å². The summed E-state index contributed by atoms with van der Waals surface area (Å²) in [5, 5.41) is 9.07. The zero-order valence-corrected chi connectivity index (χ0v) is 12.8. The lowest BCUT2D eigenvalue weighted by Gasteiger charge is -2.19. The van der Waals surface area contributed by atoms with Crippen LogP contribution in [0.1, 0.15) is 16.1 Å². The Morgan fingerprint density at radius 1 is 1.25 bits per heavy atom. The van der Waals surface area contributed by atoms with E-state index in [-0.39, 0.29) is 17.3 Å². The molecule has 3 rings (SSSR count). The van der Waals surface area contributed by atoms with Crippen molar-refractivity contribution >= 4 is 34.6 Å². The first-order valence-corrected chi connectivity index (χ1v) is 7.03. The van der Waals surface area contributed by atoms with Crippen molar-refractivity contribution in [1.82, 2.24) is 19.9 Å². The molecule has 9 nitrogen and oxygen atoms in total. The number of hydrogen-bond donors (Lipinski definition) is 3. The van der Waals surface area contributed by atoms with Crippen molar-refractivity contribution in [2.75, 3.05) is 23.4 Å². The normalized spacial score (nSPS) is 10.7. The first-order chi connectivity index (χ1) is 11.4. The van der Waals surface area contributed by atoms with E-state index in [1.807, 2.05) is 18.0 Å². The quantitative estimate of drug-likeness (QED) is 0.637. The maximum Gasteiger partial charge on any atom is 0.335 e. The van der Waals surface area contributed by atoms with Crippen LogP contribution in [0.25, 0.3) is 11.2 Å². The minimum Gasteiger partial charge on any atom is -0.478 e. The van der Waals surface area contributed by atoms with Crippen LogP contribution in [0.3, 0.4) is 0 Å². The highest BCUT2D eigenvalue weighted by molar-refractivity contribution is 5.88. The molecular formula is C15H15N7O2. The van der Waals surface area contributed by atoms with Crippen LogP contribution >= 0.6 is 0 Å². The van der Waals surface area contributed by atoms with Gasteiger partial charge in [-0.15, -0.1) is 0 Å². The van der Waals surface area contributed by atoms with Crippen molar-refractivity contribution in [3.8, 4) is 0 Å². The van der Waals surface area contributed by atoms with Gasteiger partial charge in [-0.1, -0.05) is 6.07 Å². The molecule has 1 aromatic carbocycles. The number of nitrogens with two attached hydrogens (primary N) is 2. The van der Waals surface area contributed by atoms with Gasteiger partial charge in [-0.2, -0.15) is 9.97 Å². The number of carboxylic acids is 1. The number of nitrogens with zero attached hydrogens (tertiary/aromatic N) is 5. The summed E-state index contributed by atoms with van der Waals surface area (Å²) in [6, 6.07) is 6.64. The molecule has 0 aliphatic carbocycles. The molecule has 0 saturated heterocycles. The van der Waals surface area contributed by atoms with Crippen LogP contribution in [-0.4, -0.2) is 38.1 Å². The second kappa shape index (κ2) is 5.95. The molecule has 0 fully saturated rings. The fourth-order valence-electron chi connectivity index (χ4n) is 2.27. The minimum absolute atomic E-state index is 0.0460. The lowest BCUT2D eigenvalue weighted by molar-refractivity contribution is 0.0697. The highest BCUT2D eigenvalue weighted by Gasteiger charge is 2.11.